The van der Waals surface area contributed by atoms with Crippen LogP contribution in [0.2, 0.25) is 0 Å². The number of nitrogens with one attached hydrogen (secondary N) is 2. The fourth-order valence-corrected chi connectivity index (χ4v) is 4.09. The van der Waals surface area contributed by atoms with E-state index in [-0.39, 0.29) is 16.3 Å². The Labute approximate surface area is 187 Å². The van der Waals surface area contributed by atoms with Crippen LogP contribution in [-0.2, 0) is 10.0 Å². The number of sulfonamides is 1. The molecule has 0 atom stereocenters. The van der Waals surface area contributed by atoms with E-state index in [1.165, 1.54) is 31.5 Å². The first kappa shape index (κ1) is 22.2. The third kappa shape index (κ3) is 5.38. The molecular weight excluding hydrogens is 488 g/mol. The van der Waals surface area contributed by atoms with Gasteiger partial charge in [0.1, 0.15) is 11.4 Å². The molecule has 0 fully saturated rings. The molecule has 0 aliphatic carbocycles. The number of rotatable bonds is 8. The Balaban J connectivity index is 1.87. The topological polar surface area (TPSA) is 123 Å². The van der Waals surface area contributed by atoms with E-state index in [1.54, 1.807) is 18.2 Å². The molecule has 3 aromatic carbocycles. The van der Waals surface area contributed by atoms with E-state index in [4.69, 9.17) is 4.74 Å². The number of anilines is 2. The third-order valence-corrected chi connectivity index (χ3v) is 6.21. The zero-order chi connectivity index (χ0) is 22.4. The van der Waals surface area contributed by atoms with E-state index >= 15 is 0 Å². The maximum absolute atomic E-state index is 12.7. The molecule has 0 saturated carbocycles. The molecule has 0 saturated heterocycles. The number of methoxy groups -OCH3 is 1. The first-order chi connectivity index (χ1) is 14.8. The van der Waals surface area contributed by atoms with Crippen LogP contribution in [0.5, 0.6) is 5.75 Å². The summed E-state index contributed by atoms with van der Waals surface area (Å²) in [5, 5.41) is 15.5. The first-order valence-electron chi connectivity index (χ1n) is 8.79. The number of hydrazone groups is 1. The number of halogens is 1. The number of benzene rings is 3. The van der Waals surface area contributed by atoms with Gasteiger partial charge in [-0.3, -0.25) is 20.3 Å². The summed E-state index contributed by atoms with van der Waals surface area (Å²) in [4.78, 5) is 10.6. The molecule has 0 aliphatic heterocycles. The quantitative estimate of drug-likeness (QED) is 0.262. The molecule has 31 heavy (non-hydrogen) atoms. The van der Waals surface area contributed by atoms with E-state index in [0.29, 0.717) is 5.75 Å². The normalized spacial score (nSPS) is 11.3. The molecule has 3 rings (SSSR count). The van der Waals surface area contributed by atoms with Crippen molar-refractivity contribution in [2.45, 2.75) is 4.90 Å². The van der Waals surface area contributed by atoms with Crippen molar-refractivity contribution >= 4 is 49.2 Å². The lowest BCUT2D eigenvalue weighted by Crippen LogP contribution is -2.14. The number of hydrogen-bond acceptors (Lipinski definition) is 7. The maximum Gasteiger partial charge on any atom is 0.295 e. The van der Waals surface area contributed by atoms with Gasteiger partial charge in [0.05, 0.1) is 28.8 Å². The lowest BCUT2D eigenvalue weighted by Gasteiger charge is -2.12. The summed E-state index contributed by atoms with van der Waals surface area (Å²) in [5.74, 6) is 0.320. The van der Waals surface area contributed by atoms with Crippen LogP contribution in [-0.4, -0.2) is 26.7 Å². The Morgan fingerprint density at radius 2 is 1.77 bits per heavy atom. The van der Waals surface area contributed by atoms with E-state index in [9.17, 15) is 18.5 Å². The van der Waals surface area contributed by atoms with Gasteiger partial charge in [-0.25, -0.2) is 8.42 Å². The molecule has 0 bridgehead atoms. The van der Waals surface area contributed by atoms with E-state index in [2.05, 4.69) is 31.2 Å². The second kappa shape index (κ2) is 9.58. The van der Waals surface area contributed by atoms with E-state index in [1.807, 2.05) is 24.3 Å². The zero-order valence-corrected chi connectivity index (χ0v) is 18.6. The van der Waals surface area contributed by atoms with Crippen LogP contribution >= 0.6 is 15.9 Å². The van der Waals surface area contributed by atoms with Crippen molar-refractivity contribution in [2.24, 2.45) is 5.10 Å². The average Bonchev–Trinajstić information content (AvgIpc) is 2.75. The fourth-order valence-electron chi connectivity index (χ4n) is 2.61. The molecule has 0 aromatic heterocycles. The summed E-state index contributed by atoms with van der Waals surface area (Å²) >= 11 is 3.38. The number of nitro benzene ring substituents is 1. The van der Waals surface area contributed by atoms with Gasteiger partial charge >= 0.3 is 0 Å². The second-order valence-electron chi connectivity index (χ2n) is 6.13. The molecule has 11 heteroatoms. The van der Waals surface area contributed by atoms with Crippen LogP contribution < -0.4 is 14.9 Å². The summed E-state index contributed by atoms with van der Waals surface area (Å²) in [5.41, 5.74) is 3.17. The van der Waals surface area contributed by atoms with Gasteiger partial charge in [-0.1, -0.05) is 46.3 Å². The summed E-state index contributed by atoms with van der Waals surface area (Å²) in [6.45, 7) is 0. The van der Waals surface area contributed by atoms with Crippen molar-refractivity contribution in [2.75, 3.05) is 17.3 Å². The van der Waals surface area contributed by atoms with Gasteiger partial charge in [0.15, 0.2) is 0 Å². The summed E-state index contributed by atoms with van der Waals surface area (Å²) in [6.07, 6.45) is 1.49. The molecule has 9 nitrogen and oxygen atoms in total. The van der Waals surface area contributed by atoms with Gasteiger partial charge in [0.25, 0.3) is 15.7 Å². The monoisotopic (exact) mass is 504 g/mol. The molecule has 0 heterocycles. The van der Waals surface area contributed by atoms with Crippen LogP contribution in [0, 0.1) is 10.1 Å². The highest BCUT2D eigenvalue weighted by Crippen LogP contribution is 2.30. The van der Waals surface area contributed by atoms with Gasteiger partial charge < -0.3 is 4.74 Å². The first-order valence-corrected chi connectivity index (χ1v) is 11.1. The molecule has 160 valence electrons. The molecular formula is C20H17BrN4O5S. The van der Waals surface area contributed by atoms with Crippen molar-refractivity contribution in [3.05, 3.63) is 86.9 Å². The van der Waals surface area contributed by atoms with Gasteiger partial charge in [-0.15, -0.1) is 0 Å². The minimum absolute atomic E-state index is 0.0459. The minimum Gasteiger partial charge on any atom is -0.495 e. The molecule has 0 amide bonds. The molecule has 0 radical (unpaired) electrons. The fraction of sp³-hybridized carbons (Fsp3) is 0.0500. The van der Waals surface area contributed by atoms with Crippen molar-refractivity contribution in [1.82, 2.24) is 0 Å². The highest BCUT2D eigenvalue weighted by Gasteiger charge is 2.22. The number of ether oxygens (including phenoxy) is 1. The molecule has 2 N–H and O–H groups in total. The molecule has 3 aromatic rings. The second-order valence-corrected chi connectivity index (χ2v) is 8.67. The molecule has 0 aliphatic rings. The van der Waals surface area contributed by atoms with E-state index < -0.39 is 20.6 Å². The summed E-state index contributed by atoms with van der Waals surface area (Å²) < 4.78 is 33.8. The Kier molecular flexibility index (Phi) is 6.88. The predicted molar refractivity (Wildman–Crippen MR) is 122 cm³/mol. The van der Waals surface area contributed by atoms with Crippen molar-refractivity contribution in [1.29, 1.82) is 0 Å². The van der Waals surface area contributed by atoms with Gasteiger partial charge in [-0.2, -0.15) is 5.10 Å². The Hall–Kier alpha value is -3.44. The average molecular weight is 505 g/mol. The number of hydrogen-bond donors (Lipinski definition) is 2. The number of nitro groups is 1. The number of para-hydroxylation sites is 2. The lowest BCUT2D eigenvalue weighted by atomic mass is 10.2. The number of nitrogens with zero attached hydrogens (tertiary/aromatic N) is 2. The standard InChI is InChI=1S/C20H17BrN4O5S/c1-30-20-9-5-4-8-18(20)24-31(28,29)15-10-11-17(19(12-15)25(26)27)23-22-13-14-6-2-3-7-16(14)21/h2-13,23-24H,1H3. The summed E-state index contributed by atoms with van der Waals surface area (Å²) in [6, 6.07) is 17.3. The van der Waals surface area contributed by atoms with Crippen molar-refractivity contribution in [3.8, 4) is 5.75 Å². The van der Waals surface area contributed by atoms with Crippen molar-refractivity contribution < 1.29 is 18.1 Å². The van der Waals surface area contributed by atoms with Gasteiger partial charge in [0.2, 0.25) is 0 Å². The van der Waals surface area contributed by atoms with Crippen LogP contribution in [0.25, 0.3) is 0 Å². The van der Waals surface area contributed by atoms with Crippen LogP contribution in [0.4, 0.5) is 17.1 Å². The summed E-state index contributed by atoms with van der Waals surface area (Å²) in [7, 11) is -2.68. The van der Waals surface area contributed by atoms with Crippen molar-refractivity contribution in [3.63, 3.8) is 0 Å². The Morgan fingerprint density at radius 3 is 2.48 bits per heavy atom. The maximum atomic E-state index is 12.7. The lowest BCUT2D eigenvalue weighted by molar-refractivity contribution is -0.384. The highest BCUT2D eigenvalue weighted by molar-refractivity contribution is 9.10. The molecule has 0 unspecified atom stereocenters. The molecule has 0 spiro atoms. The SMILES string of the molecule is COc1ccccc1NS(=O)(=O)c1ccc(NN=Cc2ccccc2Br)c([N+](=O)[O-])c1. The Bertz CT molecular complexity index is 1250. The van der Waals surface area contributed by atoms with E-state index in [0.717, 1.165) is 16.1 Å². The van der Waals surface area contributed by atoms with Crippen LogP contribution in [0.1, 0.15) is 5.56 Å². The Morgan fingerprint density at radius 1 is 1.06 bits per heavy atom. The zero-order valence-electron chi connectivity index (χ0n) is 16.2. The van der Waals surface area contributed by atoms with Crippen LogP contribution in [0.15, 0.2) is 81.2 Å². The van der Waals surface area contributed by atoms with Gasteiger partial charge in [-0.05, 0) is 30.3 Å². The minimum atomic E-state index is -4.09. The third-order valence-electron chi connectivity index (χ3n) is 4.12. The van der Waals surface area contributed by atoms with Crippen LogP contribution in [0.3, 0.4) is 0 Å². The predicted octanol–water partition coefficient (Wildman–Crippen LogP) is 4.61. The largest absolute Gasteiger partial charge is 0.495 e. The highest BCUT2D eigenvalue weighted by atomic mass is 79.9. The van der Waals surface area contributed by atoms with Gasteiger partial charge in [0, 0.05) is 16.1 Å². The smallest absolute Gasteiger partial charge is 0.295 e.